The quantitative estimate of drug-likeness (QED) is 0.602. The first-order chi connectivity index (χ1) is 15.7. The lowest BCUT2D eigenvalue weighted by molar-refractivity contribution is -0.133. The standard InChI is InChI=1S/C26H40N2O4S2/c1-18(14-21(27-33(30)24(2,3)4)15-19-10-8-7-9-11-19)23(29)28-22-16-20-12-13-26(22,25(20,5)6)17-34(28,31)32/h7-11,18,20-22,27H,12-17H2,1-6H3/t18-,20+,21-,22+,26?,33+/m0/s1. The Morgan fingerprint density at radius 2 is 1.88 bits per heavy atom. The monoisotopic (exact) mass is 508 g/mol. The van der Waals surface area contributed by atoms with Crippen molar-refractivity contribution in [3.63, 3.8) is 0 Å². The van der Waals surface area contributed by atoms with Crippen LogP contribution in [0.2, 0.25) is 0 Å². The molecule has 1 saturated heterocycles. The van der Waals surface area contributed by atoms with Crippen LogP contribution in [0.3, 0.4) is 0 Å². The Bertz CT molecular complexity index is 1060. The van der Waals surface area contributed by atoms with E-state index in [4.69, 9.17) is 0 Å². The maximum Gasteiger partial charge on any atom is 0.239 e. The van der Waals surface area contributed by atoms with Crippen LogP contribution in [-0.4, -0.2) is 45.4 Å². The van der Waals surface area contributed by atoms with E-state index >= 15 is 0 Å². The van der Waals surface area contributed by atoms with Crippen molar-refractivity contribution in [3.8, 4) is 0 Å². The molecule has 1 aliphatic heterocycles. The molecule has 0 aromatic heterocycles. The van der Waals surface area contributed by atoms with Crippen LogP contribution in [0, 0.1) is 22.7 Å². The highest BCUT2D eigenvalue weighted by atomic mass is 32.2. The van der Waals surface area contributed by atoms with Crippen molar-refractivity contribution in [2.45, 2.75) is 90.5 Å². The zero-order chi connectivity index (χ0) is 25.1. The largest absolute Gasteiger partial charge is 0.273 e. The molecule has 6 atom stereocenters. The number of amides is 1. The van der Waals surface area contributed by atoms with Crippen molar-refractivity contribution in [3.05, 3.63) is 35.9 Å². The Morgan fingerprint density at radius 3 is 2.47 bits per heavy atom. The molecule has 3 fully saturated rings. The van der Waals surface area contributed by atoms with E-state index < -0.39 is 31.7 Å². The molecule has 1 unspecified atom stereocenters. The third kappa shape index (κ3) is 4.28. The van der Waals surface area contributed by atoms with E-state index in [1.807, 2.05) is 58.0 Å². The van der Waals surface area contributed by atoms with Crippen molar-refractivity contribution < 1.29 is 17.4 Å². The van der Waals surface area contributed by atoms with E-state index in [0.717, 1.165) is 24.8 Å². The van der Waals surface area contributed by atoms with Gasteiger partial charge in [-0.25, -0.2) is 21.7 Å². The van der Waals surface area contributed by atoms with Gasteiger partial charge >= 0.3 is 0 Å². The molecule has 4 rings (SSSR count). The summed E-state index contributed by atoms with van der Waals surface area (Å²) in [6, 6.07) is 9.50. The van der Waals surface area contributed by atoms with Gasteiger partial charge in [0.25, 0.3) is 0 Å². The topological polar surface area (TPSA) is 83.6 Å². The van der Waals surface area contributed by atoms with Gasteiger partial charge in [-0.1, -0.05) is 51.1 Å². The minimum atomic E-state index is -3.64. The van der Waals surface area contributed by atoms with E-state index in [0.29, 0.717) is 18.8 Å². The number of rotatable bonds is 7. The molecule has 1 aromatic carbocycles. The van der Waals surface area contributed by atoms with Gasteiger partial charge in [-0.15, -0.1) is 0 Å². The molecule has 1 aromatic rings. The highest BCUT2D eigenvalue weighted by Crippen LogP contribution is 2.70. The van der Waals surface area contributed by atoms with Crippen LogP contribution < -0.4 is 4.72 Å². The van der Waals surface area contributed by atoms with Crippen molar-refractivity contribution >= 4 is 26.9 Å². The summed E-state index contributed by atoms with van der Waals surface area (Å²) in [7, 11) is -4.94. The zero-order valence-corrected chi connectivity index (χ0v) is 23.0. The van der Waals surface area contributed by atoms with Gasteiger partial charge in [0, 0.05) is 17.4 Å². The van der Waals surface area contributed by atoms with Crippen LogP contribution in [0.25, 0.3) is 0 Å². The van der Waals surface area contributed by atoms with Gasteiger partial charge in [-0.2, -0.15) is 0 Å². The molecule has 1 N–H and O–H groups in total. The fourth-order valence-electron chi connectivity index (χ4n) is 6.72. The summed E-state index contributed by atoms with van der Waals surface area (Å²) in [5, 5.41) is 0. The molecule has 2 bridgehead atoms. The number of benzene rings is 1. The third-order valence-corrected chi connectivity index (χ3v) is 12.4. The molecule has 1 spiro atoms. The molecule has 2 saturated carbocycles. The second-order valence-electron chi connectivity index (χ2n) is 12.3. The van der Waals surface area contributed by atoms with Crippen molar-refractivity contribution in [2.24, 2.45) is 22.7 Å². The lowest BCUT2D eigenvalue weighted by Crippen LogP contribution is -2.47. The second kappa shape index (κ2) is 8.70. The van der Waals surface area contributed by atoms with Gasteiger partial charge in [0.2, 0.25) is 15.9 Å². The van der Waals surface area contributed by atoms with E-state index in [2.05, 4.69) is 18.6 Å². The van der Waals surface area contributed by atoms with E-state index in [-0.39, 0.29) is 34.6 Å². The smallest absolute Gasteiger partial charge is 0.239 e. The molecule has 1 amide bonds. The van der Waals surface area contributed by atoms with Gasteiger partial charge in [0.15, 0.2) is 0 Å². The van der Waals surface area contributed by atoms with Gasteiger partial charge in [0.05, 0.1) is 27.5 Å². The van der Waals surface area contributed by atoms with Crippen LogP contribution in [0.1, 0.15) is 72.8 Å². The van der Waals surface area contributed by atoms with E-state index in [1.165, 1.54) is 4.31 Å². The first kappa shape index (κ1) is 25.8. The molecule has 3 aliphatic rings. The molecule has 2 aliphatic carbocycles. The Kier molecular flexibility index (Phi) is 6.61. The lowest BCUT2D eigenvalue weighted by atomic mass is 9.69. The Hall–Kier alpha value is -1.25. The van der Waals surface area contributed by atoms with Crippen molar-refractivity contribution in [1.82, 2.24) is 9.03 Å². The van der Waals surface area contributed by atoms with Gasteiger partial charge in [0.1, 0.15) is 0 Å². The Labute approximate surface area is 207 Å². The summed E-state index contributed by atoms with van der Waals surface area (Å²) in [6.07, 6.45) is 3.77. The highest BCUT2D eigenvalue weighted by molar-refractivity contribution is 7.90. The zero-order valence-electron chi connectivity index (χ0n) is 21.3. The molecule has 0 radical (unpaired) electrons. The summed E-state index contributed by atoms with van der Waals surface area (Å²) in [5.74, 6) is -0.232. The minimum absolute atomic E-state index is 0.0655. The maximum absolute atomic E-state index is 13.7. The van der Waals surface area contributed by atoms with Crippen LogP contribution in [0.4, 0.5) is 0 Å². The molecular formula is C26H40N2O4S2. The highest BCUT2D eigenvalue weighted by Gasteiger charge is 2.72. The fourth-order valence-corrected chi connectivity index (χ4v) is 10.2. The number of nitrogens with zero attached hydrogens (tertiary/aromatic N) is 1. The summed E-state index contributed by atoms with van der Waals surface area (Å²) >= 11 is 0. The lowest BCUT2D eigenvalue weighted by Gasteiger charge is -2.37. The van der Waals surface area contributed by atoms with Crippen LogP contribution in [0.15, 0.2) is 30.3 Å². The maximum atomic E-state index is 13.7. The summed E-state index contributed by atoms with van der Waals surface area (Å²) in [4.78, 5) is 13.7. The number of nitrogens with one attached hydrogen (secondary N) is 1. The van der Waals surface area contributed by atoms with Gasteiger partial charge in [-0.3, -0.25) is 4.79 Å². The molecule has 34 heavy (non-hydrogen) atoms. The SMILES string of the molecule is C[C@@H](C[C@@H](Cc1ccccc1)N[S@](=O)C(C)(C)C)C(=O)N1[C@@H]2C[C@H]3CCC2(CS1(=O)=O)C3(C)C. The summed E-state index contributed by atoms with van der Waals surface area (Å²) in [6.45, 7) is 11.9. The number of carbonyl (C=O) groups is 1. The normalized spacial score (nSPS) is 31.8. The average molecular weight is 509 g/mol. The van der Waals surface area contributed by atoms with Crippen molar-refractivity contribution in [1.29, 1.82) is 0 Å². The third-order valence-electron chi connectivity index (χ3n) is 8.84. The van der Waals surface area contributed by atoms with Gasteiger partial charge < -0.3 is 0 Å². The molecule has 8 heteroatoms. The van der Waals surface area contributed by atoms with Crippen LogP contribution in [-0.2, 0) is 32.2 Å². The number of sulfonamides is 1. The molecular weight excluding hydrogens is 468 g/mol. The fraction of sp³-hybridized carbons (Fsp3) is 0.731. The summed E-state index contributed by atoms with van der Waals surface area (Å²) < 4.78 is 43.6. The first-order valence-electron chi connectivity index (χ1n) is 12.5. The molecule has 190 valence electrons. The number of fused-ring (bicyclic) bond motifs is 1. The number of hydrogen-bond acceptors (Lipinski definition) is 4. The van der Waals surface area contributed by atoms with Crippen molar-refractivity contribution in [2.75, 3.05) is 5.75 Å². The van der Waals surface area contributed by atoms with Crippen LogP contribution >= 0.6 is 0 Å². The Morgan fingerprint density at radius 1 is 1.24 bits per heavy atom. The number of carbonyl (C=O) groups excluding carboxylic acids is 1. The average Bonchev–Trinajstić information content (AvgIpc) is 3.21. The van der Waals surface area contributed by atoms with Crippen LogP contribution in [0.5, 0.6) is 0 Å². The number of hydrogen-bond donors (Lipinski definition) is 1. The first-order valence-corrected chi connectivity index (χ1v) is 15.2. The molecule has 6 nitrogen and oxygen atoms in total. The summed E-state index contributed by atoms with van der Waals surface area (Å²) in [5.41, 5.74) is 0.707. The second-order valence-corrected chi connectivity index (χ2v) is 16.1. The minimum Gasteiger partial charge on any atom is -0.273 e. The Balaban J connectivity index is 1.55. The predicted molar refractivity (Wildman–Crippen MR) is 137 cm³/mol. The predicted octanol–water partition coefficient (Wildman–Crippen LogP) is 4.04. The van der Waals surface area contributed by atoms with Gasteiger partial charge in [-0.05, 0) is 69.8 Å². The van der Waals surface area contributed by atoms with E-state index in [9.17, 15) is 17.4 Å². The van der Waals surface area contributed by atoms with E-state index in [1.54, 1.807) is 0 Å². The molecule has 1 heterocycles.